The molecular weight excluding hydrogens is 351 g/mol. The average Bonchev–Trinajstić information content (AvgIpc) is 2.20. The summed E-state index contributed by atoms with van der Waals surface area (Å²) in [6.07, 6.45) is 3.35. The van der Waals surface area contributed by atoms with Gasteiger partial charge in [-0.25, -0.2) is 0 Å². The van der Waals surface area contributed by atoms with E-state index in [9.17, 15) is 4.79 Å². The molecule has 0 heterocycles. The molecule has 1 aliphatic carbocycles. The summed E-state index contributed by atoms with van der Waals surface area (Å²) in [6.45, 7) is 0. The van der Waals surface area contributed by atoms with Crippen LogP contribution in [0.3, 0.4) is 0 Å². The normalized spacial score (nSPS) is 17.4. The van der Waals surface area contributed by atoms with Gasteiger partial charge in [0.05, 0.1) is 10.7 Å². The van der Waals surface area contributed by atoms with Crippen molar-refractivity contribution < 1.29 is 4.79 Å². The Labute approximate surface area is 119 Å². The zero-order valence-electron chi connectivity index (χ0n) is 9.30. The summed E-state index contributed by atoms with van der Waals surface area (Å²) in [5.74, 6) is -0.0599. The molecule has 0 saturated heterocycles. The van der Waals surface area contributed by atoms with Crippen LogP contribution in [0.1, 0.15) is 25.7 Å². The van der Waals surface area contributed by atoms with Crippen molar-refractivity contribution in [1.29, 1.82) is 0 Å². The summed E-state index contributed by atoms with van der Waals surface area (Å²) in [6, 6.07) is 5.54. The van der Waals surface area contributed by atoms with Crippen molar-refractivity contribution in [2.75, 3.05) is 5.32 Å². The Balaban J connectivity index is 1.98. The molecule has 3 nitrogen and oxygen atoms in total. The Morgan fingerprint density at radius 1 is 1.53 bits per heavy atom. The van der Waals surface area contributed by atoms with Crippen LogP contribution in [0.2, 0.25) is 5.02 Å². The maximum absolute atomic E-state index is 11.8. The summed E-state index contributed by atoms with van der Waals surface area (Å²) in [7, 11) is 0. The van der Waals surface area contributed by atoms with Crippen molar-refractivity contribution in [2.45, 2.75) is 31.2 Å². The molecule has 5 heteroatoms. The van der Waals surface area contributed by atoms with E-state index in [2.05, 4.69) is 27.9 Å². The maximum atomic E-state index is 11.8. The topological polar surface area (TPSA) is 55.1 Å². The minimum Gasteiger partial charge on any atom is -0.325 e. The molecule has 17 heavy (non-hydrogen) atoms. The third kappa shape index (κ3) is 3.33. The van der Waals surface area contributed by atoms with Gasteiger partial charge in [-0.15, -0.1) is 0 Å². The molecule has 3 N–H and O–H groups in total. The smallest absolute Gasteiger partial charge is 0.226 e. The summed E-state index contributed by atoms with van der Waals surface area (Å²) in [5, 5.41) is 3.37. The predicted molar refractivity (Wildman–Crippen MR) is 78.2 cm³/mol. The van der Waals surface area contributed by atoms with Crippen molar-refractivity contribution in [1.82, 2.24) is 0 Å². The second kappa shape index (κ2) is 5.12. The zero-order valence-corrected chi connectivity index (χ0v) is 12.2. The molecule has 92 valence electrons. The number of nitrogens with two attached hydrogens (primary N) is 1. The van der Waals surface area contributed by atoms with Crippen LogP contribution >= 0.6 is 34.2 Å². The van der Waals surface area contributed by atoms with E-state index in [1.807, 2.05) is 18.2 Å². The van der Waals surface area contributed by atoms with Gasteiger partial charge in [-0.1, -0.05) is 11.6 Å². The van der Waals surface area contributed by atoms with Gasteiger partial charge in [0.15, 0.2) is 0 Å². The standard InChI is InChI=1S/C12H14ClIN2O/c13-9-6-8(14)2-3-10(9)16-11(17)7-12(15)4-1-5-12/h2-3,6H,1,4-5,7,15H2,(H,16,17). The quantitative estimate of drug-likeness (QED) is 0.810. The van der Waals surface area contributed by atoms with E-state index >= 15 is 0 Å². The Kier molecular flexibility index (Phi) is 3.95. The summed E-state index contributed by atoms with van der Waals surface area (Å²) >= 11 is 8.22. The molecule has 0 radical (unpaired) electrons. The second-order valence-corrected chi connectivity index (χ2v) is 6.22. The molecule has 0 aliphatic heterocycles. The Hall–Kier alpha value is -0.330. The SMILES string of the molecule is NC1(CC(=O)Nc2ccc(I)cc2Cl)CCC1. The van der Waals surface area contributed by atoms with Gasteiger partial charge in [-0.05, 0) is 60.1 Å². The van der Waals surface area contributed by atoms with Gasteiger partial charge in [-0.2, -0.15) is 0 Å². The largest absolute Gasteiger partial charge is 0.325 e. The van der Waals surface area contributed by atoms with Crippen molar-refractivity contribution in [3.8, 4) is 0 Å². The highest BCUT2D eigenvalue weighted by Crippen LogP contribution is 2.32. The fourth-order valence-corrected chi connectivity index (χ4v) is 2.82. The molecule has 1 saturated carbocycles. The first-order chi connectivity index (χ1) is 7.98. The van der Waals surface area contributed by atoms with Crippen molar-refractivity contribution >= 4 is 45.8 Å². The molecule has 0 unspecified atom stereocenters. The number of rotatable bonds is 3. The van der Waals surface area contributed by atoms with E-state index in [4.69, 9.17) is 17.3 Å². The molecule has 0 aromatic heterocycles. The van der Waals surface area contributed by atoms with E-state index in [-0.39, 0.29) is 11.4 Å². The monoisotopic (exact) mass is 364 g/mol. The molecule has 1 fully saturated rings. The van der Waals surface area contributed by atoms with E-state index in [0.29, 0.717) is 17.1 Å². The predicted octanol–water partition coefficient (Wildman–Crippen LogP) is 3.15. The maximum Gasteiger partial charge on any atom is 0.226 e. The lowest BCUT2D eigenvalue weighted by Crippen LogP contribution is -2.48. The molecule has 0 atom stereocenters. The van der Waals surface area contributed by atoms with Gasteiger partial charge in [0.25, 0.3) is 0 Å². The fourth-order valence-electron chi connectivity index (χ4n) is 1.91. The highest BCUT2D eigenvalue weighted by atomic mass is 127. The molecule has 1 aromatic carbocycles. The van der Waals surface area contributed by atoms with Gasteiger partial charge in [-0.3, -0.25) is 4.79 Å². The number of carbonyl (C=O) groups excluding carboxylic acids is 1. The van der Waals surface area contributed by atoms with Gasteiger partial charge < -0.3 is 11.1 Å². The van der Waals surface area contributed by atoms with Crippen molar-refractivity contribution in [3.05, 3.63) is 26.8 Å². The van der Waals surface area contributed by atoms with Gasteiger partial charge in [0.2, 0.25) is 5.91 Å². The Morgan fingerprint density at radius 2 is 2.24 bits per heavy atom. The lowest BCUT2D eigenvalue weighted by Gasteiger charge is -2.37. The zero-order chi connectivity index (χ0) is 12.5. The van der Waals surface area contributed by atoms with Crippen molar-refractivity contribution in [2.24, 2.45) is 5.73 Å². The van der Waals surface area contributed by atoms with Gasteiger partial charge in [0.1, 0.15) is 0 Å². The molecule has 1 amide bonds. The van der Waals surface area contributed by atoms with E-state index < -0.39 is 0 Å². The van der Waals surface area contributed by atoms with Crippen LogP contribution in [-0.4, -0.2) is 11.4 Å². The lowest BCUT2D eigenvalue weighted by atomic mass is 9.75. The minimum atomic E-state index is -0.292. The van der Waals surface area contributed by atoms with E-state index in [1.54, 1.807) is 0 Å². The van der Waals surface area contributed by atoms with Crippen LogP contribution in [0, 0.1) is 3.57 Å². The molecule has 1 aromatic rings. The van der Waals surface area contributed by atoms with Crippen LogP contribution in [0.4, 0.5) is 5.69 Å². The van der Waals surface area contributed by atoms with Crippen LogP contribution in [0.5, 0.6) is 0 Å². The van der Waals surface area contributed by atoms with E-state index in [1.165, 1.54) is 0 Å². The molecule has 0 bridgehead atoms. The Bertz CT molecular complexity index is 446. The molecule has 1 aliphatic rings. The number of benzene rings is 1. The number of amides is 1. The first-order valence-electron chi connectivity index (χ1n) is 5.52. The highest BCUT2D eigenvalue weighted by Gasteiger charge is 2.34. The number of hydrogen-bond donors (Lipinski definition) is 2. The minimum absolute atomic E-state index is 0.0599. The fraction of sp³-hybridized carbons (Fsp3) is 0.417. The summed E-state index contributed by atoms with van der Waals surface area (Å²) in [4.78, 5) is 11.8. The van der Waals surface area contributed by atoms with Crippen LogP contribution in [0.25, 0.3) is 0 Å². The number of nitrogens with one attached hydrogen (secondary N) is 1. The molecule has 0 spiro atoms. The highest BCUT2D eigenvalue weighted by molar-refractivity contribution is 14.1. The summed E-state index contributed by atoms with van der Waals surface area (Å²) < 4.78 is 1.04. The third-order valence-electron chi connectivity index (χ3n) is 3.07. The number of halogens is 2. The van der Waals surface area contributed by atoms with Crippen LogP contribution < -0.4 is 11.1 Å². The van der Waals surface area contributed by atoms with Gasteiger partial charge >= 0.3 is 0 Å². The molecule has 2 rings (SSSR count). The number of anilines is 1. The second-order valence-electron chi connectivity index (χ2n) is 4.57. The molecular formula is C12H14ClIN2O. The lowest BCUT2D eigenvalue weighted by molar-refractivity contribution is -0.118. The summed E-state index contributed by atoms with van der Waals surface area (Å²) in [5.41, 5.74) is 6.39. The first-order valence-corrected chi connectivity index (χ1v) is 6.98. The Morgan fingerprint density at radius 3 is 2.76 bits per heavy atom. The van der Waals surface area contributed by atoms with Crippen molar-refractivity contribution in [3.63, 3.8) is 0 Å². The first kappa shape index (κ1) is 13.1. The van der Waals surface area contributed by atoms with Crippen LogP contribution in [-0.2, 0) is 4.79 Å². The van der Waals surface area contributed by atoms with Gasteiger partial charge in [0, 0.05) is 15.5 Å². The third-order valence-corrected chi connectivity index (χ3v) is 4.05. The van der Waals surface area contributed by atoms with E-state index in [0.717, 1.165) is 22.8 Å². The van der Waals surface area contributed by atoms with Crippen LogP contribution in [0.15, 0.2) is 18.2 Å². The number of carbonyl (C=O) groups is 1. The average molecular weight is 365 g/mol. The number of hydrogen-bond acceptors (Lipinski definition) is 2.